The van der Waals surface area contributed by atoms with E-state index in [1.807, 2.05) is 24.7 Å². The van der Waals surface area contributed by atoms with E-state index in [1.165, 1.54) is 17.5 Å². The molecule has 5 heteroatoms. The Hall–Kier alpha value is -2.27. The van der Waals surface area contributed by atoms with Gasteiger partial charge in [0.25, 0.3) is 0 Å². The predicted molar refractivity (Wildman–Crippen MR) is 128 cm³/mol. The van der Waals surface area contributed by atoms with Gasteiger partial charge in [0, 0.05) is 31.3 Å². The van der Waals surface area contributed by atoms with Crippen molar-refractivity contribution in [3.63, 3.8) is 0 Å². The first kappa shape index (κ1) is 24.4. The molecule has 0 bridgehead atoms. The molecule has 0 spiro atoms. The van der Waals surface area contributed by atoms with Crippen LogP contribution < -0.4 is 0 Å². The molecule has 0 amide bonds. The fourth-order valence-electron chi connectivity index (χ4n) is 4.61. The van der Waals surface area contributed by atoms with E-state index in [0.29, 0.717) is 5.92 Å². The minimum atomic E-state index is -0.0767. The van der Waals surface area contributed by atoms with Crippen molar-refractivity contribution in [2.75, 3.05) is 13.1 Å². The number of hydrogen-bond acceptors (Lipinski definition) is 5. The summed E-state index contributed by atoms with van der Waals surface area (Å²) < 4.78 is 6.17. The minimum absolute atomic E-state index is 0.0133. The largest absolute Gasteiger partial charge is 0.461 e. The molecule has 1 aliphatic heterocycles. The number of hydrogen-bond donors (Lipinski definition) is 0. The Morgan fingerprint density at radius 1 is 1.03 bits per heavy atom. The molecule has 32 heavy (non-hydrogen) atoms. The van der Waals surface area contributed by atoms with Gasteiger partial charge in [-0.2, -0.15) is 0 Å². The number of rotatable bonds is 12. The Bertz CT molecular complexity index is 737. The normalized spacial score (nSPS) is 17.9. The SMILES string of the molecule is CC(C)CN1CCCCC1C(=O)OC(CCCc1ccncc1)CCCc1cccnc1. The molecule has 5 nitrogen and oxygen atoms in total. The van der Waals surface area contributed by atoms with Gasteiger partial charge in [0.05, 0.1) is 0 Å². The molecule has 0 aromatic carbocycles. The van der Waals surface area contributed by atoms with E-state index in [9.17, 15) is 4.79 Å². The number of esters is 1. The van der Waals surface area contributed by atoms with Gasteiger partial charge in [-0.3, -0.25) is 19.7 Å². The zero-order valence-corrected chi connectivity index (χ0v) is 19.8. The average Bonchev–Trinajstić information content (AvgIpc) is 2.80. The molecule has 0 aliphatic carbocycles. The maximum atomic E-state index is 13.2. The van der Waals surface area contributed by atoms with Crippen LogP contribution in [-0.4, -0.2) is 46.1 Å². The lowest BCUT2D eigenvalue weighted by molar-refractivity contribution is -0.158. The number of piperidine rings is 1. The molecule has 2 aromatic heterocycles. The van der Waals surface area contributed by atoms with Crippen molar-refractivity contribution in [1.82, 2.24) is 14.9 Å². The second kappa shape index (κ2) is 13.3. The van der Waals surface area contributed by atoms with Crippen LogP contribution in [0.4, 0.5) is 0 Å². The standard InChI is InChI=1S/C27H39N3O2/c1-22(2)21-30-19-4-3-13-26(30)27(31)32-25(11-5-8-23-14-17-28-18-15-23)12-6-9-24-10-7-16-29-20-24/h7,10,14-18,20,22,25-26H,3-6,8-9,11-13,19,21H2,1-2H3. The molecule has 2 aromatic rings. The highest BCUT2D eigenvalue weighted by atomic mass is 16.5. The van der Waals surface area contributed by atoms with Gasteiger partial charge in [0.1, 0.15) is 12.1 Å². The lowest BCUT2D eigenvalue weighted by Gasteiger charge is -2.36. The van der Waals surface area contributed by atoms with Gasteiger partial charge in [-0.1, -0.05) is 26.3 Å². The van der Waals surface area contributed by atoms with Crippen molar-refractivity contribution in [3.8, 4) is 0 Å². The van der Waals surface area contributed by atoms with Gasteiger partial charge < -0.3 is 4.74 Å². The maximum Gasteiger partial charge on any atom is 0.323 e. The first-order chi connectivity index (χ1) is 15.6. The lowest BCUT2D eigenvalue weighted by Crippen LogP contribution is -2.47. The highest BCUT2D eigenvalue weighted by Crippen LogP contribution is 2.22. The summed E-state index contributed by atoms with van der Waals surface area (Å²) in [5.74, 6) is 0.541. The summed E-state index contributed by atoms with van der Waals surface area (Å²) >= 11 is 0. The topological polar surface area (TPSA) is 55.3 Å². The summed E-state index contributed by atoms with van der Waals surface area (Å²) in [5, 5.41) is 0. The van der Waals surface area contributed by atoms with Crippen LogP contribution in [0.2, 0.25) is 0 Å². The van der Waals surface area contributed by atoms with Crippen molar-refractivity contribution < 1.29 is 9.53 Å². The number of likely N-dealkylation sites (tertiary alicyclic amines) is 1. The molecule has 174 valence electrons. The Labute approximate surface area is 193 Å². The molecule has 1 fully saturated rings. The van der Waals surface area contributed by atoms with Crippen LogP contribution >= 0.6 is 0 Å². The third-order valence-electron chi connectivity index (χ3n) is 6.22. The van der Waals surface area contributed by atoms with E-state index in [0.717, 1.165) is 64.5 Å². The van der Waals surface area contributed by atoms with Crippen LogP contribution in [0.1, 0.15) is 69.9 Å². The third kappa shape index (κ3) is 8.34. The van der Waals surface area contributed by atoms with E-state index in [2.05, 4.69) is 46.9 Å². The van der Waals surface area contributed by atoms with E-state index < -0.39 is 0 Å². The van der Waals surface area contributed by atoms with Crippen LogP contribution in [0, 0.1) is 5.92 Å². The fourth-order valence-corrected chi connectivity index (χ4v) is 4.61. The average molecular weight is 438 g/mol. The summed E-state index contributed by atoms with van der Waals surface area (Å²) in [5.41, 5.74) is 2.53. The quantitative estimate of drug-likeness (QED) is 0.425. The first-order valence-corrected chi connectivity index (χ1v) is 12.3. The number of aryl methyl sites for hydroxylation is 2. The molecule has 3 rings (SSSR count). The molecule has 3 heterocycles. The van der Waals surface area contributed by atoms with Gasteiger partial charge >= 0.3 is 5.97 Å². The zero-order chi connectivity index (χ0) is 22.6. The molecule has 0 saturated carbocycles. The number of carbonyl (C=O) groups excluding carboxylic acids is 1. The molecule has 2 atom stereocenters. The van der Waals surface area contributed by atoms with E-state index in [1.54, 1.807) is 6.20 Å². The monoisotopic (exact) mass is 437 g/mol. The Kier molecular flexibility index (Phi) is 10.1. The lowest BCUT2D eigenvalue weighted by atomic mass is 9.99. The minimum Gasteiger partial charge on any atom is -0.461 e. The van der Waals surface area contributed by atoms with E-state index in [4.69, 9.17) is 4.74 Å². The highest BCUT2D eigenvalue weighted by Gasteiger charge is 2.31. The number of ether oxygens (including phenoxy) is 1. The molecular formula is C27H39N3O2. The second-order valence-corrected chi connectivity index (χ2v) is 9.46. The van der Waals surface area contributed by atoms with Gasteiger partial charge in [0.2, 0.25) is 0 Å². The molecular weight excluding hydrogens is 398 g/mol. The van der Waals surface area contributed by atoms with Crippen molar-refractivity contribution in [1.29, 1.82) is 0 Å². The van der Waals surface area contributed by atoms with Crippen LogP contribution in [-0.2, 0) is 22.4 Å². The van der Waals surface area contributed by atoms with Crippen molar-refractivity contribution in [2.24, 2.45) is 5.92 Å². The molecule has 0 N–H and O–H groups in total. The number of pyridine rings is 2. The summed E-state index contributed by atoms with van der Waals surface area (Å²) in [6.07, 6.45) is 16.4. The van der Waals surface area contributed by atoms with Crippen molar-refractivity contribution in [2.45, 2.75) is 83.8 Å². The van der Waals surface area contributed by atoms with E-state index in [-0.39, 0.29) is 18.1 Å². The zero-order valence-electron chi connectivity index (χ0n) is 19.8. The van der Waals surface area contributed by atoms with E-state index >= 15 is 0 Å². The smallest absolute Gasteiger partial charge is 0.323 e. The summed E-state index contributed by atoms with van der Waals surface area (Å²) in [4.78, 5) is 23.8. The Morgan fingerprint density at radius 2 is 1.78 bits per heavy atom. The van der Waals surface area contributed by atoms with Crippen LogP contribution in [0.5, 0.6) is 0 Å². The Morgan fingerprint density at radius 3 is 2.47 bits per heavy atom. The van der Waals surface area contributed by atoms with Gasteiger partial charge in [0.15, 0.2) is 0 Å². The highest BCUT2D eigenvalue weighted by molar-refractivity contribution is 5.76. The van der Waals surface area contributed by atoms with Crippen LogP contribution in [0.3, 0.4) is 0 Å². The predicted octanol–water partition coefficient (Wildman–Crippen LogP) is 5.24. The van der Waals surface area contributed by atoms with Crippen LogP contribution in [0.25, 0.3) is 0 Å². The third-order valence-corrected chi connectivity index (χ3v) is 6.22. The fraction of sp³-hybridized carbons (Fsp3) is 0.593. The van der Waals surface area contributed by atoms with Gasteiger partial charge in [-0.15, -0.1) is 0 Å². The van der Waals surface area contributed by atoms with Gasteiger partial charge in [-0.05, 0) is 93.2 Å². The molecule has 1 aliphatic rings. The molecule has 2 unspecified atom stereocenters. The summed E-state index contributed by atoms with van der Waals surface area (Å²) in [6.45, 7) is 6.41. The number of carbonyl (C=O) groups is 1. The maximum absolute atomic E-state index is 13.2. The summed E-state index contributed by atoms with van der Waals surface area (Å²) in [7, 11) is 0. The molecule has 1 saturated heterocycles. The first-order valence-electron chi connectivity index (χ1n) is 12.3. The molecule has 0 radical (unpaired) electrons. The second-order valence-electron chi connectivity index (χ2n) is 9.46. The van der Waals surface area contributed by atoms with Crippen molar-refractivity contribution >= 4 is 5.97 Å². The van der Waals surface area contributed by atoms with Crippen LogP contribution in [0.15, 0.2) is 49.1 Å². The van der Waals surface area contributed by atoms with Gasteiger partial charge in [-0.25, -0.2) is 0 Å². The number of nitrogens with zero attached hydrogens (tertiary/aromatic N) is 3. The van der Waals surface area contributed by atoms with Crippen molar-refractivity contribution in [3.05, 3.63) is 60.2 Å². The summed E-state index contributed by atoms with van der Waals surface area (Å²) in [6, 6.07) is 8.15. The Balaban J connectivity index is 1.55. The number of aromatic nitrogens is 2.